The number of hydrogen-bond donors (Lipinski definition) is 0. The Bertz CT molecular complexity index is 222. The van der Waals surface area contributed by atoms with Gasteiger partial charge in [-0.3, -0.25) is 9.80 Å². The summed E-state index contributed by atoms with van der Waals surface area (Å²) in [6.07, 6.45) is 2.29. The van der Waals surface area contributed by atoms with Gasteiger partial charge >= 0.3 is 0 Å². The van der Waals surface area contributed by atoms with Gasteiger partial charge in [0.25, 0.3) is 0 Å². The van der Waals surface area contributed by atoms with Crippen LogP contribution < -0.4 is 0 Å². The summed E-state index contributed by atoms with van der Waals surface area (Å²) in [5.41, 5.74) is 0. The van der Waals surface area contributed by atoms with Crippen molar-refractivity contribution in [1.29, 1.82) is 0 Å². The van der Waals surface area contributed by atoms with Gasteiger partial charge in [0.1, 0.15) is 0 Å². The van der Waals surface area contributed by atoms with Crippen LogP contribution in [0.2, 0.25) is 0 Å². The number of nitrogens with zero attached hydrogens (tertiary/aromatic N) is 2. The lowest BCUT2D eigenvalue weighted by atomic mass is 10.2. The lowest BCUT2D eigenvalue weighted by molar-refractivity contribution is 0.0802. The quantitative estimate of drug-likeness (QED) is 0.499. The summed E-state index contributed by atoms with van der Waals surface area (Å²) in [6, 6.07) is 0. The summed E-state index contributed by atoms with van der Waals surface area (Å²) in [7, 11) is 7.67. The topological polar surface area (TPSA) is 24.9 Å². The lowest BCUT2D eigenvalue weighted by Crippen LogP contribution is -2.59. The zero-order valence-corrected chi connectivity index (χ0v) is 13.0. The first kappa shape index (κ1) is 14.9. The van der Waals surface area contributed by atoms with Crippen molar-refractivity contribution in [3.8, 4) is 0 Å². The molecular formula is C12H24N2O2S2. The minimum Gasteiger partial charge on any atom is -0.385 e. The minimum atomic E-state index is 0.666. The van der Waals surface area contributed by atoms with Gasteiger partial charge in [-0.1, -0.05) is 21.6 Å². The molecule has 0 aromatic heterocycles. The molecule has 2 bridgehead atoms. The van der Waals surface area contributed by atoms with Gasteiger partial charge in [-0.05, 0) is 12.8 Å². The molecule has 0 N–H and O–H groups in total. The molecule has 3 fully saturated rings. The van der Waals surface area contributed by atoms with E-state index in [4.69, 9.17) is 9.47 Å². The number of fused-ring (bicyclic) bond motifs is 3. The van der Waals surface area contributed by atoms with Crippen LogP contribution in [0.4, 0.5) is 0 Å². The third-order valence-electron chi connectivity index (χ3n) is 3.46. The van der Waals surface area contributed by atoms with Crippen molar-refractivity contribution in [2.24, 2.45) is 0 Å². The standard InChI is InChI=1S/C12H24N2O2S2/c1-15-7-3-5-13-9-12-14(6-4-8-16-2)10-11(13)17-18-12/h11-12H,3-10H2,1-2H3. The third-order valence-corrected chi connectivity index (χ3v) is 6.58. The van der Waals surface area contributed by atoms with Crippen molar-refractivity contribution in [3.63, 3.8) is 0 Å². The molecule has 4 nitrogen and oxygen atoms in total. The second kappa shape index (κ2) is 7.97. The number of ether oxygens (including phenoxy) is 2. The molecule has 106 valence electrons. The number of methoxy groups -OCH3 is 2. The van der Waals surface area contributed by atoms with E-state index in [1.807, 2.05) is 0 Å². The molecule has 0 saturated carbocycles. The molecule has 3 aliphatic rings. The molecule has 3 aliphatic heterocycles. The van der Waals surface area contributed by atoms with Crippen LogP contribution >= 0.6 is 21.6 Å². The maximum atomic E-state index is 5.14. The van der Waals surface area contributed by atoms with Crippen LogP contribution in [0.15, 0.2) is 0 Å². The smallest absolute Gasteiger partial charge is 0.0792 e. The predicted molar refractivity (Wildman–Crippen MR) is 78.9 cm³/mol. The Balaban J connectivity index is 1.72. The fraction of sp³-hybridized carbons (Fsp3) is 1.00. The fourth-order valence-electron chi connectivity index (χ4n) is 2.47. The molecule has 2 atom stereocenters. The largest absolute Gasteiger partial charge is 0.385 e. The second-order valence-corrected chi connectivity index (χ2v) is 7.41. The summed E-state index contributed by atoms with van der Waals surface area (Å²) >= 11 is 0. The van der Waals surface area contributed by atoms with Gasteiger partial charge in [0.2, 0.25) is 0 Å². The van der Waals surface area contributed by atoms with Crippen LogP contribution in [0.5, 0.6) is 0 Å². The Morgan fingerprint density at radius 1 is 0.889 bits per heavy atom. The summed E-state index contributed by atoms with van der Waals surface area (Å²) < 4.78 is 10.3. The first-order valence-electron chi connectivity index (χ1n) is 6.63. The molecule has 2 unspecified atom stereocenters. The van der Waals surface area contributed by atoms with Gasteiger partial charge in [0.05, 0.1) is 10.7 Å². The zero-order chi connectivity index (χ0) is 12.8. The highest BCUT2D eigenvalue weighted by Gasteiger charge is 2.39. The van der Waals surface area contributed by atoms with Crippen molar-refractivity contribution in [3.05, 3.63) is 0 Å². The normalized spacial score (nSPS) is 29.0. The van der Waals surface area contributed by atoms with Gasteiger partial charge in [0.15, 0.2) is 0 Å². The molecule has 3 rings (SSSR count). The molecular weight excluding hydrogens is 268 g/mol. The maximum Gasteiger partial charge on any atom is 0.0792 e. The molecule has 6 heteroatoms. The van der Waals surface area contributed by atoms with E-state index < -0.39 is 0 Å². The Morgan fingerprint density at radius 2 is 1.33 bits per heavy atom. The van der Waals surface area contributed by atoms with Crippen molar-refractivity contribution in [2.45, 2.75) is 23.6 Å². The van der Waals surface area contributed by atoms with Crippen molar-refractivity contribution < 1.29 is 9.47 Å². The van der Waals surface area contributed by atoms with Gasteiger partial charge in [-0.25, -0.2) is 0 Å². The zero-order valence-electron chi connectivity index (χ0n) is 11.3. The average molecular weight is 292 g/mol. The van der Waals surface area contributed by atoms with E-state index in [0.717, 1.165) is 26.1 Å². The first-order chi connectivity index (χ1) is 8.85. The van der Waals surface area contributed by atoms with E-state index in [9.17, 15) is 0 Å². The molecule has 0 amide bonds. The molecule has 0 spiro atoms. The number of piperazine rings is 1. The van der Waals surface area contributed by atoms with Crippen LogP contribution in [0.25, 0.3) is 0 Å². The minimum absolute atomic E-state index is 0.666. The Morgan fingerprint density at radius 3 is 1.67 bits per heavy atom. The van der Waals surface area contributed by atoms with E-state index in [0.29, 0.717) is 10.7 Å². The number of hydrogen-bond acceptors (Lipinski definition) is 6. The molecule has 3 saturated heterocycles. The van der Waals surface area contributed by atoms with Gasteiger partial charge in [-0.15, -0.1) is 0 Å². The van der Waals surface area contributed by atoms with Crippen molar-refractivity contribution in [2.75, 3.05) is 53.6 Å². The summed E-state index contributed by atoms with van der Waals surface area (Å²) in [5.74, 6) is 0. The van der Waals surface area contributed by atoms with Gasteiger partial charge in [0, 0.05) is 53.6 Å². The van der Waals surface area contributed by atoms with Crippen LogP contribution in [-0.4, -0.2) is 74.2 Å². The molecule has 3 heterocycles. The van der Waals surface area contributed by atoms with Crippen molar-refractivity contribution >= 4 is 21.6 Å². The first-order valence-corrected chi connectivity index (χ1v) is 8.91. The predicted octanol–water partition coefficient (Wildman–Crippen LogP) is 1.72. The molecule has 0 radical (unpaired) electrons. The van der Waals surface area contributed by atoms with Crippen molar-refractivity contribution in [1.82, 2.24) is 9.80 Å². The highest BCUT2D eigenvalue weighted by molar-refractivity contribution is 8.77. The molecule has 0 aromatic carbocycles. The van der Waals surface area contributed by atoms with Crippen LogP contribution in [0, 0.1) is 0 Å². The van der Waals surface area contributed by atoms with E-state index >= 15 is 0 Å². The highest BCUT2D eigenvalue weighted by atomic mass is 33.1. The summed E-state index contributed by atoms with van der Waals surface area (Å²) in [5, 5.41) is 1.33. The highest BCUT2D eigenvalue weighted by Crippen LogP contribution is 2.45. The number of rotatable bonds is 8. The monoisotopic (exact) mass is 292 g/mol. The summed E-state index contributed by atoms with van der Waals surface area (Å²) in [4.78, 5) is 5.25. The maximum absolute atomic E-state index is 5.14. The van der Waals surface area contributed by atoms with E-state index in [-0.39, 0.29) is 0 Å². The molecule has 0 aliphatic carbocycles. The SMILES string of the molecule is COCCCN1CC2SSC1CN2CCCOC. The second-order valence-electron chi connectivity index (χ2n) is 4.78. The lowest BCUT2D eigenvalue weighted by Gasteiger charge is -2.50. The third kappa shape index (κ3) is 4.02. The fourth-order valence-corrected chi connectivity index (χ4v) is 5.73. The summed E-state index contributed by atoms with van der Waals surface area (Å²) in [6.45, 7) is 6.52. The van der Waals surface area contributed by atoms with E-state index in [1.54, 1.807) is 14.2 Å². The van der Waals surface area contributed by atoms with Gasteiger partial charge < -0.3 is 9.47 Å². The van der Waals surface area contributed by atoms with E-state index in [2.05, 4.69) is 31.4 Å². The van der Waals surface area contributed by atoms with Crippen LogP contribution in [0.1, 0.15) is 12.8 Å². The van der Waals surface area contributed by atoms with E-state index in [1.165, 1.54) is 26.2 Å². The van der Waals surface area contributed by atoms with Crippen LogP contribution in [0.3, 0.4) is 0 Å². The Hall–Kier alpha value is 0.540. The Labute approximate surface area is 118 Å². The molecule has 18 heavy (non-hydrogen) atoms. The average Bonchev–Trinajstić information content (AvgIpc) is 2.41. The van der Waals surface area contributed by atoms with Crippen LogP contribution in [-0.2, 0) is 9.47 Å². The molecule has 0 aromatic rings. The van der Waals surface area contributed by atoms with Gasteiger partial charge in [-0.2, -0.15) is 0 Å². The Kier molecular flexibility index (Phi) is 6.61.